The predicted octanol–water partition coefficient (Wildman–Crippen LogP) is 3.07. The first kappa shape index (κ1) is 13.2. The molecule has 0 heterocycles. The molecular formula is C14H23NO. The molecule has 0 saturated carbocycles. The Morgan fingerprint density at radius 3 is 2.44 bits per heavy atom. The van der Waals surface area contributed by atoms with Gasteiger partial charge in [-0.1, -0.05) is 38.1 Å². The van der Waals surface area contributed by atoms with E-state index in [2.05, 4.69) is 50.4 Å². The van der Waals surface area contributed by atoms with Crippen LogP contribution in [0.2, 0.25) is 0 Å². The zero-order valence-electron chi connectivity index (χ0n) is 10.8. The summed E-state index contributed by atoms with van der Waals surface area (Å²) < 4.78 is 5.56. The summed E-state index contributed by atoms with van der Waals surface area (Å²) >= 11 is 0. The maximum Gasteiger partial charge on any atom is 0.0763 e. The molecule has 0 aliphatic carbocycles. The van der Waals surface area contributed by atoms with Gasteiger partial charge < -0.3 is 10.1 Å². The quantitative estimate of drug-likeness (QED) is 0.797. The zero-order valence-corrected chi connectivity index (χ0v) is 10.8. The van der Waals surface area contributed by atoms with Gasteiger partial charge in [0.05, 0.1) is 12.1 Å². The number of ether oxygens (including phenoxy) is 1. The number of nitrogens with one attached hydrogen (secondary N) is 1. The van der Waals surface area contributed by atoms with Gasteiger partial charge in [0.2, 0.25) is 0 Å². The van der Waals surface area contributed by atoms with Crippen LogP contribution in [0.25, 0.3) is 0 Å². The van der Waals surface area contributed by atoms with E-state index >= 15 is 0 Å². The summed E-state index contributed by atoms with van der Waals surface area (Å²) in [5, 5.41) is 3.52. The number of rotatable bonds is 6. The Hall–Kier alpha value is -0.860. The maximum atomic E-state index is 5.56. The van der Waals surface area contributed by atoms with Crippen LogP contribution in [0.3, 0.4) is 0 Å². The van der Waals surface area contributed by atoms with Crippen molar-refractivity contribution in [3.63, 3.8) is 0 Å². The van der Waals surface area contributed by atoms with Gasteiger partial charge in [-0.2, -0.15) is 0 Å². The number of methoxy groups -OCH3 is 1. The summed E-state index contributed by atoms with van der Waals surface area (Å²) in [6, 6.07) is 8.80. The SMILES string of the molecule is CCNC(c1ccccc1C)C(CC)OC. The summed E-state index contributed by atoms with van der Waals surface area (Å²) in [7, 11) is 1.79. The third kappa shape index (κ3) is 3.06. The predicted molar refractivity (Wildman–Crippen MR) is 68.7 cm³/mol. The molecule has 2 heteroatoms. The first-order chi connectivity index (χ1) is 7.74. The summed E-state index contributed by atoms with van der Waals surface area (Å²) in [6.45, 7) is 7.41. The highest BCUT2D eigenvalue weighted by Gasteiger charge is 2.21. The molecule has 0 fully saturated rings. The summed E-state index contributed by atoms with van der Waals surface area (Å²) in [5.41, 5.74) is 2.67. The van der Waals surface area contributed by atoms with E-state index in [9.17, 15) is 0 Å². The molecule has 2 nitrogen and oxygen atoms in total. The molecule has 1 aromatic rings. The van der Waals surface area contributed by atoms with Gasteiger partial charge in [0.15, 0.2) is 0 Å². The topological polar surface area (TPSA) is 21.3 Å². The fourth-order valence-electron chi connectivity index (χ4n) is 2.14. The van der Waals surface area contributed by atoms with Crippen molar-refractivity contribution in [2.24, 2.45) is 0 Å². The van der Waals surface area contributed by atoms with E-state index in [4.69, 9.17) is 4.74 Å². The van der Waals surface area contributed by atoms with Crippen molar-refractivity contribution in [3.05, 3.63) is 35.4 Å². The Morgan fingerprint density at radius 1 is 1.25 bits per heavy atom. The lowest BCUT2D eigenvalue weighted by Crippen LogP contribution is -2.33. The second-order valence-electron chi connectivity index (χ2n) is 4.07. The van der Waals surface area contributed by atoms with Crippen molar-refractivity contribution < 1.29 is 4.74 Å². The minimum Gasteiger partial charge on any atom is -0.379 e. The number of aryl methyl sites for hydroxylation is 1. The molecule has 0 bridgehead atoms. The fourth-order valence-corrected chi connectivity index (χ4v) is 2.14. The van der Waals surface area contributed by atoms with E-state index in [0.717, 1.165) is 13.0 Å². The van der Waals surface area contributed by atoms with Gasteiger partial charge in [0.25, 0.3) is 0 Å². The van der Waals surface area contributed by atoms with Crippen LogP contribution in [-0.4, -0.2) is 19.8 Å². The van der Waals surface area contributed by atoms with E-state index in [0.29, 0.717) is 6.04 Å². The van der Waals surface area contributed by atoms with Crippen LogP contribution >= 0.6 is 0 Å². The minimum atomic E-state index is 0.237. The Bertz CT molecular complexity index is 307. The summed E-state index contributed by atoms with van der Waals surface area (Å²) in [5.74, 6) is 0. The fraction of sp³-hybridized carbons (Fsp3) is 0.571. The average Bonchev–Trinajstić information content (AvgIpc) is 2.30. The van der Waals surface area contributed by atoms with Gasteiger partial charge in [0.1, 0.15) is 0 Å². The smallest absolute Gasteiger partial charge is 0.0763 e. The van der Waals surface area contributed by atoms with Crippen molar-refractivity contribution in [2.45, 2.75) is 39.3 Å². The molecule has 0 amide bonds. The Balaban J connectivity index is 2.97. The molecule has 0 radical (unpaired) electrons. The molecule has 1 N–H and O–H groups in total. The van der Waals surface area contributed by atoms with Crippen molar-refractivity contribution in [2.75, 3.05) is 13.7 Å². The van der Waals surface area contributed by atoms with Gasteiger partial charge in [-0.05, 0) is 31.0 Å². The monoisotopic (exact) mass is 221 g/mol. The summed E-state index contributed by atoms with van der Waals surface area (Å²) in [4.78, 5) is 0. The largest absolute Gasteiger partial charge is 0.379 e. The first-order valence-electron chi connectivity index (χ1n) is 6.06. The molecule has 2 unspecified atom stereocenters. The lowest BCUT2D eigenvalue weighted by atomic mass is 9.95. The highest BCUT2D eigenvalue weighted by Crippen LogP contribution is 2.23. The van der Waals surface area contributed by atoms with Gasteiger partial charge in [0, 0.05) is 7.11 Å². The third-order valence-corrected chi connectivity index (χ3v) is 3.02. The zero-order chi connectivity index (χ0) is 12.0. The molecule has 0 spiro atoms. The number of benzene rings is 1. The van der Waals surface area contributed by atoms with E-state index in [-0.39, 0.29) is 6.10 Å². The van der Waals surface area contributed by atoms with Crippen LogP contribution in [0.15, 0.2) is 24.3 Å². The molecule has 1 rings (SSSR count). The van der Waals surface area contributed by atoms with E-state index < -0.39 is 0 Å². The Labute approximate surface area is 99.0 Å². The molecule has 1 aromatic carbocycles. The normalized spacial score (nSPS) is 14.8. The van der Waals surface area contributed by atoms with Crippen molar-refractivity contribution in [3.8, 4) is 0 Å². The molecule has 2 atom stereocenters. The lowest BCUT2D eigenvalue weighted by molar-refractivity contribution is 0.0654. The van der Waals surface area contributed by atoms with Crippen LogP contribution in [0.5, 0.6) is 0 Å². The van der Waals surface area contributed by atoms with Crippen molar-refractivity contribution >= 4 is 0 Å². The van der Waals surface area contributed by atoms with Gasteiger partial charge >= 0.3 is 0 Å². The number of likely N-dealkylation sites (N-methyl/N-ethyl adjacent to an activating group) is 1. The Kier molecular flexibility index (Phi) is 5.50. The van der Waals surface area contributed by atoms with Crippen LogP contribution in [0.4, 0.5) is 0 Å². The molecule has 16 heavy (non-hydrogen) atoms. The highest BCUT2D eigenvalue weighted by atomic mass is 16.5. The van der Waals surface area contributed by atoms with Gasteiger partial charge in [-0.3, -0.25) is 0 Å². The van der Waals surface area contributed by atoms with Crippen LogP contribution in [0, 0.1) is 6.92 Å². The van der Waals surface area contributed by atoms with E-state index in [1.807, 2.05) is 0 Å². The molecular weight excluding hydrogens is 198 g/mol. The van der Waals surface area contributed by atoms with Crippen LogP contribution in [0.1, 0.15) is 37.4 Å². The highest BCUT2D eigenvalue weighted by molar-refractivity contribution is 5.29. The summed E-state index contributed by atoms with van der Waals surface area (Å²) in [6.07, 6.45) is 1.25. The van der Waals surface area contributed by atoms with Crippen LogP contribution in [-0.2, 0) is 4.74 Å². The maximum absolute atomic E-state index is 5.56. The third-order valence-electron chi connectivity index (χ3n) is 3.02. The van der Waals surface area contributed by atoms with Gasteiger partial charge in [-0.15, -0.1) is 0 Å². The standard InChI is InChI=1S/C14H23NO/c1-5-13(16-4)14(15-6-2)12-10-8-7-9-11(12)3/h7-10,13-15H,5-6H2,1-4H3. The average molecular weight is 221 g/mol. The second kappa shape index (κ2) is 6.66. The molecule has 0 aliphatic rings. The second-order valence-corrected chi connectivity index (χ2v) is 4.07. The number of hydrogen-bond acceptors (Lipinski definition) is 2. The van der Waals surface area contributed by atoms with Gasteiger partial charge in [-0.25, -0.2) is 0 Å². The van der Waals surface area contributed by atoms with Crippen molar-refractivity contribution in [1.82, 2.24) is 5.32 Å². The minimum absolute atomic E-state index is 0.237. The first-order valence-corrected chi connectivity index (χ1v) is 6.06. The van der Waals surface area contributed by atoms with Crippen LogP contribution < -0.4 is 5.32 Å². The van der Waals surface area contributed by atoms with Crippen molar-refractivity contribution in [1.29, 1.82) is 0 Å². The van der Waals surface area contributed by atoms with E-state index in [1.54, 1.807) is 7.11 Å². The molecule has 90 valence electrons. The molecule has 0 aromatic heterocycles. The Morgan fingerprint density at radius 2 is 1.94 bits per heavy atom. The molecule has 0 aliphatic heterocycles. The number of hydrogen-bond donors (Lipinski definition) is 1. The van der Waals surface area contributed by atoms with E-state index in [1.165, 1.54) is 11.1 Å². The lowest BCUT2D eigenvalue weighted by Gasteiger charge is -2.27. The molecule has 0 saturated heterocycles.